The predicted octanol–water partition coefficient (Wildman–Crippen LogP) is 1.96. The molecule has 2 aromatic heterocycles. The highest BCUT2D eigenvalue weighted by Crippen LogP contribution is 2.47. The van der Waals surface area contributed by atoms with Crippen LogP contribution >= 0.6 is 24.8 Å². The fraction of sp³-hybridized carbons (Fsp3) is 0.500. The van der Waals surface area contributed by atoms with Crippen LogP contribution in [0.5, 0.6) is 0 Å². The van der Waals surface area contributed by atoms with E-state index >= 15 is 0 Å². The van der Waals surface area contributed by atoms with E-state index in [2.05, 4.69) is 20.4 Å². The van der Waals surface area contributed by atoms with Crippen molar-refractivity contribution in [2.75, 3.05) is 0 Å². The third-order valence-corrected chi connectivity index (χ3v) is 5.10. The fourth-order valence-electron chi connectivity index (χ4n) is 3.95. The molecule has 3 N–H and O–H groups in total. The zero-order valence-corrected chi connectivity index (χ0v) is 15.1. The number of aromatic nitrogens is 3. The second-order valence-corrected chi connectivity index (χ2v) is 6.40. The number of hydrogen-bond donors (Lipinski definition) is 2. The Morgan fingerprint density at radius 1 is 1.24 bits per heavy atom. The molecule has 0 saturated heterocycles. The Labute approximate surface area is 158 Å². The number of nitrogens with two attached hydrogens (primary N) is 1. The topological polar surface area (TPSA) is 107 Å². The van der Waals surface area contributed by atoms with Crippen LogP contribution < -0.4 is 11.1 Å². The first kappa shape index (κ1) is 19.6. The average molecular weight is 386 g/mol. The highest BCUT2D eigenvalue weighted by atomic mass is 35.5. The Hall–Kier alpha value is -1.70. The summed E-state index contributed by atoms with van der Waals surface area (Å²) in [5, 5.41) is 6.82. The fourth-order valence-corrected chi connectivity index (χ4v) is 3.95. The first-order chi connectivity index (χ1) is 11.2. The molecule has 136 valence electrons. The van der Waals surface area contributed by atoms with E-state index in [0.29, 0.717) is 23.6 Å². The van der Waals surface area contributed by atoms with Crippen LogP contribution in [0.3, 0.4) is 0 Å². The van der Waals surface area contributed by atoms with Gasteiger partial charge in [-0.3, -0.25) is 9.78 Å². The molecule has 1 amide bonds. The summed E-state index contributed by atoms with van der Waals surface area (Å²) in [6.45, 7) is 0.234. The van der Waals surface area contributed by atoms with Gasteiger partial charge in [-0.15, -0.1) is 24.8 Å². The maximum atomic E-state index is 12.4. The van der Waals surface area contributed by atoms with Crippen molar-refractivity contribution in [1.29, 1.82) is 0 Å². The van der Waals surface area contributed by atoms with Crippen LogP contribution in [0.25, 0.3) is 11.4 Å². The van der Waals surface area contributed by atoms with Crippen molar-refractivity contribution in [1.82, 2.24) is 20.4 Å². The number of pyridine rings is 1. The van der Waals surface area contributed by atoms with Gasteiger partial charge in [0.25, 0.3) is 0 Å². The first-order valence-corrected chi connectivity index (χ1v) is 7.98. The molecular weight excluding hydrogens is 365 g/mol. The van der Waals surface area contributed by atoms with Crippen molar-refractivity contribution in [3.05, 3.63) is 30.4 Å². The minimum absolute atomic E-state index is 0. The summed E-state index contributed by atoms with van der Waals surface area (Å²) in [5.41, 5.74) is 7.03. The molecule has 2 bridgehead atoms. The monoisotopic (exact) mass is 385 g/mol. The lowest BCUT2D eigenvalue weighted by Crippen LogP contribution is -2.45. The number of fused-ring (bicyclic) bond motifs is 2. The molecule has 0 aromatic carbocycles. The van der Waals surface area contributed by atoms with Crippen molar-refractivity contribution in [3.63, 3.8) is 0 Å². The predicted molar refractivity (Wildman–Crippen MR) is 96.2 cm³/mol. The number of amides is 1. The Bertz CT molecular complexity index is 710. The van der Waals surface area contributed by atoms with Gasteiger partial charge in [-0.25, -0.2) is 0 Å². The maximum Gasteiger partial charge on any atom is 0.246 e. The molecule has 2 saturated carbocycles. The van der Waals surface area contributed by atoms with E-state index < -0.39 is 0 Å². The molecule has 2 aliphatic rings. The number of halogens is 2. The van der Waals surface area contributed by atoms with E-state index in [-0.39, 0.29) is 49.2 Å². The molecule has 25 heavy (non-hydrogen) atoms. The molecule has 0 spiro atoms. The average Bonchev–Trinajstić information content (AvgIpc) is 3.29. The van der Waals surface area contributed by atoms with E-state index in [4.69, 9.17) is 10.3 Å². The van der Waals surface area contributed by atoms with Gasteiger partial charge in [0.15, 0.2) is 0 Å². The minimum Gasteiger partial charge on any atom is -0.347 e. The highest BCUT2D eigenvalue weighted by Gasteiger charge is 2.48. The second-order valence-electron chi connectivity index (χ2n) is 6.40. The van der Waals surface area contributed by atoms with Gasteiger partial charge in [0.1, 0.15) is 0 Å². The van der Waals surface area contributed by atoms with E-state index in [1.807, 2.05) is 12.1 Å². The van der Waals surface area contributed by atoms with Crippen molar-refractivity contribution >= 4 is 30.7 Å². The van der Waals surface area contributed by atoms with Gasteiger partial charge in [0.2, 0.25) is 17.6 Å². The summed E-state index contributed by atoms with van der Waals surface area (Å²) in [7, 11) is 0. The van der Waals surface area contributed by atoms with Crippen molar-refractivity contribution in [2.24, 2.45) is 23.5 Å². The first-order valence-electron chi connectivity index (χ1n) is 7.98. The van der Waals surface area contributed by atoms with E-state index in [1.165, 1.54) is 0 Å². The van der Waals surface area contributed by atoms with Crippen molar-refractivity contribution in [2.45, 2.75) is 31.8 Å². The molecule has 2 heterocycles. The third kappa shape index (κ3) is 3.78. The molecule has 2 fully saturated rings. The van der Waals surface area contributed by atoms with Crippen LogP contribution in [0.4, 0.5) is 0 Å². The summed E-state index contributed by atoms with van der Waals surface area (Å²) in [6, 6.07) is 3.60. The Morgan fingerprint density at radius 2 is 1.96 bits per heavy atom. The number of nitrogens with one attached hydrogen (secondary N) is 1. The van der Waals surface area contributed by atoms with Crippen LogP contribution in [-0.4, -0.2) is 27.1 Å². The molecular formula is C16H21Cl2N5O2. The highest BCUT2D eigenvalue weighted by molar-refractivity contribution is 5.85. The van der Waals surface area contributed by atoms with E-state index in [1.54, 1.807) is 12.4 Å². The molecule has 9 heteroatoms. The standard InChI is InChI=1S/C16H19N5O2.2ClH/c17-14-11-2-1-10(7-11)13(14)16(22)19-8-12-20-15(21-23-12)9-3-5-18-6-4-9;;/h3-6,10-11,13-14H,1-2,7-8,17H2,(H,19,22);2*1H. The molecule has 7 nitrogen and oxygen atoms in total. The number of nitrogens with zero attached hydrogens (tertiary/aromatic N) is 3. The Balaban J connectivity index is 0.00000113. The smallest absolute Gasteiger partial charge is 0.246 e. The lowest BCUT2D eigenvalue weighted by Gasteiger charge is -2.26. The minimum atomic E-state index is -0.0728. The summed E-state index contributed by atoms with van der Waals surface area (Å²) >= 11 is 0. The summed E-state index contributed by atoms with van der Waals surface area (Å²) < 4.78 is 5.19. The number of carbonyl (C=O) groups is 1. The molecule has 2 aromatic rings. The molecule has 0 radical (unpaired) electrons. The molecule has 2 aliphatic carbocycles. The summed E-state index contributed by atoms with van der Waals surface area (Å²) in [5.74, 6) is 1.77. The molecule has 0 aliphatic heterocycles. The molecule has 4 atom stereocenters. The summed E-state index contributed by atoms with van der Waals surface area (Å²) in [6.07, 6.45) is 6.71. The number of hydrogen-bond acceptors (Lipinski definition) is 6. The normalized spacial score (nSPS) is 26.6. The van der Waals surface area contributed by atoms with Gasteiger partial charge in [0.05, 0.1) is 12.5 Å². The van der Waals surface area contributed by atoms with Crippen molar-refractivity contribution in [3.8, 4) is 11.4 Å². The van der Waals surface area contributed by atoms with Crippen LogP contribution in [0, 0.1) is 17.8 Å². The van der Waals surface area contributed by atoms with Gasteiger partial charge in [0, 0.05) is 24.0 Å². The summed E-state index contributed by atoms with van der Waals surface area (Å²) in [4.78, 5) is 20.7. The Morgan fingerprint density at radius 3 is 2.64 bits per heavy atom. The van der Waals surface area contributed by atoms with Crippen LogP contribution in [-0.2, 0) is 11.3 Å². The lowest BCUT2D eigenvalue weighted by atomic mass is 9.84. The van der Waals surface area contributed by atoms with Crippen molar-refractivity contribution < 1.29 is 9.32 Å². The van der Waals surface area contributed by atoms with Crippen LogP contribution in [0.2, 0.25) is 0 Å². The maximum absolute atomic E-state index is 12.4. The van der Waals surface area contributed by atoms with E-state index in [0.717, 1.165) is 24.8 Å². The largest absolute Gasteiger partial charge is 0.347 e. The van der Waals surface area contributed by atoms with Crippen LogP contribution in [0.1, 0.15) is 25.2 Å². The zero-order valence-electron chi connectivity index (χ0n) is 13.5. The molecule has 4 unspecified atom stereocenters. The lowest BCUT2D eigenvalue weighted by molar-refractivity contribution is -0.127. The zero-order chi connectivity index (χ0) is 15.8. The van der Waals surface area contributed by atoms with Gasteiger partial charge in [-0.2, -0.15) is 4.98 Å². The number of rotatable bonds is 4. The third-order valence-electron chi connectivity index (χ3n) is 5.10. The van der Waals surface area contributed by atoms with Gasteiger partial charge >= 0.3 is 0 Å². The SMILES string of the molecule is Cl.Cl.NC1C2CCC(C2)C1C(=O)NCc1nc(-c2ccncc2)no1. The number of carbonyl (C=O) groups excluding carboxylic acids is 1. The van der Waals surface area contributed by atoms with E-state index in [9.17, 15) is 4.79 Å². The van der Waals surface area contributed by atoms with Gasteiger partial charge in [-0.1, -0.05) is 5.16 Å². The molecule has 4 rings (SSSR count). The quantitative estimate of drug-likeness (QED) is 0.832. The second kappa shape index (κ2) is 8.12. The van der Waals surface area contributed by atoms with Gasteiger partial charge in [-0.05, 0) is 43.2 Å². The Kier molecular flexibility index (Phi) is 6.37. The van der Waals surface area contributed by atoms with Gasteiger partial charge < -0.3 is 15.6 Å². The van der Waals surface area contributed by atoms with Crippen LogP contribution in [0.15, 0.2) is 29.0 Å².